The first-order chi connectivity index (χ1) is 15.7. The van der Waals surface area contributed by atoms with Gasteiger partial charge in [-0.25, -0.2) is 4.79 Å². The fraction of sp³-hybridized carbons (Fsp3) is 0.400. The van der Waals surface area contributed by atoms with Gasteiger partial charge >= 0.3 is 5.97 Å². The summed E-state index contributed by atoms with van der Waals surface area (Å²) >= 11 is 0. The number of esters is 1. The second kappa shape index (κ2) is 11.9. The third-order valence-corrected chi connectivity index (χ3v) is 5.15. The fourth-order valence-electron chi connectivity index (χ4n) is 3.19. The van der Waals surface area contributed by atoms with Crippen LogP contribution in [-0.2, 0) is 14.3 Å². The second-order valence-corrected chi connectivity index (χ2v) is 8.07. The summed E-state index contributed by atoms with van der Waals surface area (Å²) in [6, 6.07) is 11.0. The molecule has 2 aromatic carbocycles. The van der Waals surface area contributed by atoms with E-state index in [1.807, 2.05) is 19.1 Å². The standard InChI is InChI=1S/C25H32N2O6/c1-15(2)23(27-24(29)18-9-7-16(3)8-10-18)25(30)33-14-22(28)26-17(4)20-13-19(31-5)11-12-21(20)32-6/h7-13,15,17,23H,14H2,1-6H3,(H,26,28)(H,27,29)/t17?,23-/m0/s1. The molecule has 0 saturated carbocycles. The van der Waals surface area contributed by atoms with Crippen molar-refractivity contribution in [1.82, 2.24) is 10.6 Å². The maximum atomic E-state index is 12.6. The molecule has 0 spiro atoms. The summed E-state index contributed by atoms with van der Waals surface area (Å²) in [5.74, 6) is -0.536. The molecule has 2 atom stereocenters. The Morgan fingerprint density at radius 3 is 2.15 bits per heavy atom. The molecule has 8 heteroatoms. The van der Waals surface area contributed by atoms with Crippen molar-refractivity contribution in [2.24, 2.45) is 5.92 Å². The molecule has 2 aromatic rings. The fourth-order valence-corrected chi connectivity index (χ4v) is 3.19. The lowest BCUT2D eigenvalue weighted by molar-refractivity contribution is -0.151. The predicted octanol–water partition coefficient (Wildman–Crippen LogP) is 3.19. The number of aryl methyl sites for hydroxylation is 1. The van der Waals surface area contributed by atoms with Crippen LogP contribution in [0.15, 0.2) is 42.5 Å². The number of methoxy groups -OCH3 is 2. The summed E-state index contributed by atoms with van der Waals surface area (Å²) < 4.78 is 15.8. The highest BCUT2D eigenvalue weighted by Crippen LogP contribution is 2.29. The first-order valence-electron chi connectivity index (χ1n) is 10.7. The smallest absolute Gasteiger partial charge is 0.329 e. The normalized spacial score (nSPS) is 12.5. The number of ether oxygens (including phenoxy) is 3. The first kappa shape index (κ1) is 25.7. The lowest BCUT2D eigenvalue weighted by Gasteiger charge is -2.21. The Balaban J connectivity index is 1.96. The molecule has 0 bridgehead atoms. The van der Waals surface area contributed by atoms with Crippen LogP contribution in [0.3, 0.4) is 0 Å². The summed E-state index contributed by atoms with van der Waals surface area (Å²) in [4.78, 5) is 37.5. The van der Waals surface area contributed by atoms with Crippen LogP contribution in [0.2, 0.25) is 0 Å². The van der Waals surface area contributed by atoms with Crippen molar-refractivity contribution in [2.75, 3.05) is 20.8 Å². The van der Waals surface area contributed by atoms with Crippen LogP contribution < -0.4 is 20.1 Å². The zero-order valence-electron chi connectivity index (χ0n) is 19.9. The Hall–Kier alpha value is -3.55. The predicted molar refractivity (Wildman–Crippen MR) is 124 cm³/mol. The van der Waals surface area contributed by atoms with Gasteiger partial charge in [-0.2, -0.15) is 0 Å². The van der Waals surface area contributed by atoms with Gasteiger partial charge < -0.3 is 24.8 Å². The van der Waals surface area contributed by atoms with E-state index in [9.17, 15) is 14.4 Å². The third-order valence-electron chi connectivity index (χ3n) is 5.15. The molecular weight excluding hydrogens is 424 g/mol. The summed E-state index contributed by atoms with van der Waals surface area (Å²) in [5.41, 5.74) is 2.19. The lowest BCUT2D eigenvalue weighted by atomic mass is 10.0. The van der Waals surface area contributed by atoms with Gasteiger partial charge in [0.15, 0.2) is 6.61 Å². The van der Waals surface area contributed by atoms with Crippen LogP contribution in [0, 0.1) is 12.8 Å². The molecule has 0 aliphatic heterocycles. The van der Waals surface area contributed by atoms with E-state index in [2.05, 4.69) is 10.6 Å². The zero-order chi connectivity index (χ0) is 24.5. The minimum Gasteiger partial charge on any atom is -0.497 e. The molecule has 178 valence electrons. The van der Waals surface area contributed by atoms with E-state index in [0.29, 0.717) is 17.1 Å². The molecule has 0 fully saturated rings. The van der Waals surface area contributed by atoms with E-state index in [1.54, 1.807) is 65.3 Å². The average molecular weight is 457 g/mol. The quantitative estimate of drug-likeness (QED) is 0.533. The molecular formula is C25H32N2O6. The van der Waals surface area contributed by atoms with Crippen LogP contribution in [0.4, 0.5) is 0 Å². The molecule has 0 aliphatic rings. The number of hydrogen-bond acceptors (Lipinski definition) is 6. The molecule has 8 nitrogen and oxygen atoms in total. The Labute approximate surface area is 194 Å². The number of carbonyl (C=O) groups excluding carboxylic acids is 3. The van der Waals surface area contributed by atoms with Gasteiger partial charge in [0.2, 0.25) is 0 Å². The van der Waals surface area contributed by atoms with Crippen LogP contribution in [-0.4, -0.2) is 44.7 Å². The van der Waals surface area contributed by atoms with Gasteiger partial charge in [-0.3, -0.25) is 9.59 Å². The monoisotopic (exact) mass is 456 g/mol. The molecule has 1 unspecified atom stereocenters. The van der Waals surface area contributed by atoms with Crippen molar-refractivity contribution >= 4 is 17.8 Å². The van der Waals surface area contributed by atoms with Gasteiger partial charge in [0.05, 0.1) is 20.3 Å². The van der Waals surface area contributed by atoms with E-state index in [4.69, 9.17) is 14.2 Å². The van der Waals surface area contributed by atoms with Gasteiger partial charge in [-0.05, 0) is 50.1 Å². The van der Waals surface area contributed by atoms with Crippen LogP contribution in [0.1, 0.15) is 48.3 Å². The average Bonchev–Trinajstić information content (AvgIpc) is 2.80. The number of nitrogens with one attached hydrogen (secondary N) is 2. The SMILES string of the molecule is COc1ccc(OC)c(C(C)NC(=O)COC(=O)[C@@H](NC(=O)c2ccc(C)cc2)C(C)C)c1. The molecule has 0 saturated heterocycles. The van der Waals surface area contributed by atoms with Crippen LogP contribution >= 0.6 is 0 Å². The summed E-state index contributed by atoms with van der Waals surface area (Å²) in [6.45, 7) is 6.82. The van der Waals surface area contributed by atoms with Gasteiger partial charge in [0.1, 0.15) is 17.5 Å². The molecule has 0 aromatic heterocycles. The van der Waals surface area contributed by atoms with E-state index in [1.165, 1.54) is 0 Å². The molecule has 33 heavy (non-hydrogen) atoms. The number of carbonyl (C=O) groups is 3. The highest BCUT2D eigenvalue weighted by atomic mass is 16.5. The molecule has 2 amide bonds. The van der Waals surface area contributed by atoms with Gasteiger partial charge in [0.25, 0.3) is 11.8 Å². The number of hydrogen-bond donors (Lipinski definition) is 2. The van der Waals surface area contributed by atoms with Crippen molar-refractivity contribution in [1.29, 1.82) is 0 Å². The van der Waals surface area contributed by atoms with E-state index in [-0.39, 0.29) is 11.8 Å². The maximum absolute atomic E-state index is 12.6. The Morgan fingerprint density at radius 1 is 0.909 bits per heavy atom. The Kier molecular flexibility index (Phi) is 9.27. The Morgan fingerprint density at radius 2 is 1.58 bits per heavy atom. The number of amides is 2. The van der Waals surface area contributed by atoms with E-state index < -0.39 is 30.6 Å². The molecule has 0 heterocycles. The zero-order valence-corrected chi connectivity index (χ0v) is 19.9. The van der Waals surface area contributed by atoms with Gasteiger partial charge in [-0.1, -0.05) is 31.5 Å². The molecule has 2 N–H and O–H groups in total. The lowest BCUT2D eigenvalue weighted by Crippen LogP contribution is -2.46. The number of benzene rings is 2. The van der Waals surface area contributed by atoms with Crippen molar-refractivity contribution < 1.29 is 28.6 Å². The minimum absolute atomic E-state index is 0.227. The van der Waals surface area contributed by atoms with Crippen LogP contribution in [0.25, 0.3) is 0 Å². The summed E-state index contributed by atoms with van der Waals surface area (Å²) in [6.07, 6.45) is 0. The largest absolute Gasteiger partial charge is 0.497 e. The van der Waals surface area contributed by atoms with Gasteiger partial charge in [0, 0.05) is 11.1 Å². The maximum Gasteiger partial charge on any atom is 0.329 e. The highest BCUT2D eigenvalue weighted by Gasteiger charge is 2.27. The van der Waals surface area contributed by atoms with E-state index in [0.717, 1.165) is 11.1 Å². The molecule has 0 aliphatic carbocycles. The Bertz CT molecular complexity index is 971. The minimum atomic E-state index is -0.887. The van der Waals surface area contributed by atoms with Gasteiger partial charge in [-0.15, -0.1) is 0 Å². The third kappa shape index (κ3) is 7.24. The first-order valence-corrected chi connectivity index (χ1v) is 10.7. The van der Waals surface area contributed by atoms with Crippen molar-refractivity contribution in [3.05, 3.63) is 59.2 Å². The van der Waals surface area contributed by atoms with Crippen molar-refractivity contribution in [3.63, 3.8) is 0 Å². The molecule has 0 radical (unpaired) electrons. The van der Waals surface area contributed by atoms with Crippen molar-refractivity contribution in [2.45, 2.75) is 39.8 Å². The topological polar surface area (TPSA) is 103 Å². The van der Waals surface area contributed by atoms with E-state index >= 15 is 0 Å². The van der Waals surface area contributed by atoms with Crippen molar-refractivity contribution in [3.8, 4) is 11.5 Å². The second-order valence-electron chi connectivity index (χ2n) is 8.07. The van der Waals surface area contributed by atoms with Crippen LogP contribution in [0.5, 0.6) is 11.5 Å². The molecule has 2 rings (SSSR count). The summed E-state index contributed by atoms with van der Waals surface area (Å²) in [7, 11) is 3.09. The number of rotatable bonds is 10. The highest BCUT2D eigenvalue weighted by molar-refractivity contribution is 5.97. The summed E-state index contributed by atoms with van der Waals surface area (Å²) in [5, 5.41) is 5.47.